The van der Waals surface area contributed by atoms with Gasteiger partial charge in [-0.3, -0.25) is 4.79 Å². The maximum Gasteiger partial charge on any atom is 0.237 e. The van der Waals surface area contributed by atoms with Crippen molar-refractivity contribution in [2.75, 3.05) is 25.3 Å². The number of methoxy groups -OCH3 is 2. The lowest BCUT2D eigenvalue weighted by atomic mass is 10.2. The van der Waals surface area contributed by atoms with Crippen molar-refractivity contribution in [3.05, 3.63) is 18.2 Å². The van der Waals surface area contributed by atoms with Crippen LogP contribution in [0.2, 0.25) is 0 Å². The number of amides is 1. The highest BCUT2D eigenvalue weighted by Crippen LogP contribution is 2.26. The summed E-state index contributed by atoms with van der Waals surface area (Å²) in [6, 6.07) is 5.34. The van der Waals surface area contributed by atoms with Gasteiger partial charge < -0.3 is 14.8 Å². The Kier molecular flexibility index (Phi) is 7.30. The van der Waals surface area contributed by atoms with Gasteiger partial charge in [0.25, 0.3) is 0 Å². The predicted molar refractivity (Wildman–Crippen MR) is 85.0 cm³/mol. The van der Waals surface area contributed by atoms with Crippen LogP contribution in [0.1, 0.15) is 26.7 Å². The van der Waals surface area contributed by atoms with Gasteiger partial charge in [0.15, 0.2) is 0 Å². The summed E-state index contributed by atoms with van der Waals surface area (Å²) in [5.41, 5.74) is 0.689. The smallest absolute Gasteiger partial charge is 0.237 e. The standard InChI is InChI=1S/C15H23NO3S/c1-5-6-7-20-11(2)15(17)16-12-8-13(18-3)10-14(9-12)19-4/h8-11H,5-7H2,1-4H3,(H,16,17). The van der Waals surface area contributed by atoms with E-state index in [0.29, 0.717) is 17.2 Å². The molecule has 4 nitrogen and oxygen atoms in total. The summed E-state index contributed by atoms with van der Waals surface area (Å²) in [4.78, 5) is 12.1. The van der Waals surface area contributed by atoms with Gasteiger partial charge >= 0.3 is 0 Å². The number of ether oxygens (including phenoxy) is 2. The van der Waals surface area contributed by atoms with E-state index in [-0.39, 0.29) is 11.2 Å². The zero-order chi connectivity index (χ0) is 15.0. The van der Waals surface area contributed by atoms with Crippen LogP contribution in [-0.2, 0) is 4.79 Å². The number of unbranched alkanes of at least 4 members (excludes halogenated alkanes) is 1. The molecule has 0 bridgehead atoms. The van der Waals surface area contributed by atoms with Crippen molar-refractivity contribution in [1.82, 2.24) is 0 Å². The first-order valence-corrected chi connectivity index (χ1v) is 7.81. The van der Waals surface area contributed by atoms with Gasteiger partial charge in [-0.1, -0.05) is 13.3 Å². The summed E-state index contributed by atoms with van der Waals surface area (Å²) in [6.07, 6.45) is 2.28. The molecule has 1 N–H and O–H groups in total. The van der Waals surface area contributed by atoms with Gasteiger partial charge in [0.2, 0.25) is 5.91 Å². The molecule has 0 saturated carbocycles. The minimum Gasteiger partial charge on any atom is -0.497 e. The molecule has 5 heteroatoms. The molecule has 0 aliphatic heterocycles. The molecule has 1 aromatic rings. The molecular formula is C15H23NO3S. The van der Waals surface area contributed by atoms with Crippen LogP contribution < -0.4 is 14.8 Å². The van der Waals surface area contributed by atoms with Crippen LogP contribution in [0.3, 0.4) is 0 Å². The van der Waals surface area contributed by atoms with E-state index in [1.165, 1.54) is 0 Å². The molecule has 0 heterocycles. The molecule has 1 rings (SSSR count). The fraction of sp³-hybridized carbons (Fsp3) is 0.533. The first kappa shape index (κ1) is 16.7. The van der Waals surface area contributed by atoms with E-state index in [0.717, 1.165) is 18.6 Å². The number of benzene rings is 1. The van der Waals surface area contributed by atoms with E-state index in [4.69, 9.17) is 9.47 Å². The van der Waals surface area contributed by atoms with Gasteiger partial charge in [0.1, 0.15) is 11.5 Å². The zero-order valence-electron chi connectivity index (χ0n) is 12.6. The van der Waals surface area contributed by atoms with E-state index in [1.807, 2.05) is 6.92 Å². The van der Waals surface area contributed by atoms with E-state index < -0.39 is 0 Å². The first-order chi connectivity index (χ1) is 9.60. The van der Waals surface area contributed by atoms with E-state index in [2.05, 4.69) is 12.2 Å². The number of nitrogens with one attached hydrogen (secondary N) is 1. The van der Waals surface area contributed by atoms with Gasteiger partial charge in [0, 0.05) is 23.9 Å². The number of thioether (sulfide) groups is 1. The highest BCUT2D eigenvalue weighted by atomic mass is 32.2. The Hall–Kier alpha value is -1.36. The molecular weight excluding hydrogens is 274 g/mol. The fourth-order valence-corrected chi connectivity index (χ4v) is 2.62. The second-order valence-electron chi connectivity index (χ2n) is 4.46. The predicted octanol–water partition coefficient (Wildman–Crippen LogP) is 3.56. The minimum absolute atomic E-state index is 0.00130. The summed E-state index contributed by atoms with van der Waals surface area (Å²) >= 11 is 1.67. The largest absolute Gasteiger partial charge is 0.497 e. The van der Waals surface area contributed by atoms with Gasteiger partial charge in [0.05, 0.1) is 19.5 Å². The SMILES string of the molecule is CCCCSC(C)C(=O)Nc1cc(OC)cc(OC)c1. The highest BCUT2D eigenvalue weighted by Gasteiger charge is 2.14. The van der Waals surface area contributed by atoms with E-state index in [9.17, 15) is 4.79 Å². The third-order valence-corrected chi connectivity index (χ3v) is 4.09. The molecule has 0 fully saturated rings. The Labute approximate surface area is 125 Å². The van der Waals surface area contributed by atoms with E-state index >= 15 is 0 Å². The second kappa shape index (κ2) is 8.74. The number of hydrogen-bond donors (Lipinski definition) is 1. The molecule has 0 saturated heterocycles. The van der Waals surface area contributed by atoms with Crippen molar-refractivity contribution < 1.29 is 14.3 Å². The molecule has 0 spiro atoms. The second-order valence-corrected chi connectivity index (χ2v) is 5.91. The average molecular weight is 297 g/mol. The average Bonchev–Trinajstić information content (AvgIpc) is 2.46. The Morgan fingerprint density at radius 3 is 2.35 bits per heavy atom. The third kappa shape index (κ3) is 5.33. The number of rotatable bonds is 8. The Morgan fingerprint density at radius 2 is 1.85 bits per heavy atom. The lowest BCUT2D eigenvalue weighted by Crippen LogP contribution is -2.22. The van der Waals surface area contributed by atoms with Gasteiger partial charge in [-0.15, -0.1) is 11.8 Å². The quantitative estimate of drug-likeness (QED) is 0.745. The maximum atomic E-state index is 12.1. The summed E-state index contributed by atoms with van der Waals surface area (Å²) in [7, 11) is 3.17. The van der Waals surface area contributed by atoms with Crippen molar-refractivity contribution in [3.8, 4) is 11.5 Å². The topological polar surface area (TPSA) is 47.6 Å². The highest BCUT2D eigenvalue weighted by molar-refractivity contribution is 8.00. The van der Waals surface area contributed by atoms with Crippen LogP contribution >= 0.6 is 11.8 Å². The fourth-order valence-electron chi connectivity index (χ4n) is 1.60. The van der Waals surface area contributed by atoms with Gasteiger partial charge in [-0.05, 0) is 19.1 Å². The Morgan fingerprint density at radius 1 is 1.25 bits per heavy atom. The maximum absolute atomic E-state index is 12.1. The van der Waals surface area contributed by atoms with Crippen LogP contribution in [0, 0.1) is 0 Å². The van der Waals surface area contributed by atoms with Crippen LogP contribution in [0.15, 0.2) is 18.2 Å². The van der Waals surface area contributed by atoms with Crippen molar-refractivity contribution in [3.63, 3.8) is 0 Å². The van der Waals surface area contributed by atoms with Crippen LogP contribution in [0.25, 0.3) is 0 Å². The summed E-state index contributed by atoms with van der Waals surface area (Å²) in [5, 5.41) is 2.83. The summed E-state index contributed by atoms with van der Waals surface area (Å²) in [6.45, 7) is 4.07. The van der Waals surface area contributed by atoms with Crippen molar-refractivity contribution >= 4 is 23.4 Å². The molecule has 112 valence electrons. The lowest BCUT2D eigenvalue weighted by molar-refractivity contribution is -0.115. The van der Waals surface area contributed by atoms with Crippen LogP contribution in [-0.4, -0.2) is 31.1 Å². The van der Waals surface area contributed by atoms with Crippen molar-refractivity contribution in [2.24, 2.45) is 0 Å². The monoisotopic (exact) mass is 297 g/mol. The molecule has 0 aliphatic carbocycles. The molecule has 1 aromatic carbocycles. The molecule has 0 aromatic heterocycles. The van der Waals surface area contributed by atoms with Gasteiger partial charge in [-0.2, -0.15) is 0 Å². The summed E-state index contributed by atoms with van der Waals surface area (Å²) in [5.74, 6) is 2.32. The number of anilines is 1. The minimum atomic E-state index is -0.0706. The number of hydrogen-bond acceptors (Lipinski definition) is 4. The molecule has 0 aliphatic rings. The normalized spacial score (nSPS) is 11.8. The third-order valence-electron chi connectivity index (χ3n) is 2.85. The molecule has 20 heavy (non-hydrogen) atoms. The number of carbonyl (C=O) groups is 1. The Bertz CT molecular complexity index is 415. The van der Waals surface area contributed by atoms with Gasteiger partial charge in [-0.25, -0.2) is 0 Å². The lowest BCUT2D eigenvalue weighted by Gasteiger charge is -2.13. The zero-order valence-corrected chi connectivity index (χ0v) is 13.4. The Balaban J connectivity index is 2.64. The molecule has 1 unspecified atom stereocenters. The number of carbonyl (C=O) groups excluding carboxylic acids is 1. The first-order valence-electron chi connectivity index (χ1n) is 6.76. The summed E-state index contributed by atoms with van der Waals surface area (Å²) < 4.78 is 10.4. The van der Waals surface area contributed by atoms with E-state index in [1.54, 1.807) is 44.2 Å². The van der Waals surface area contributed by atoms with Crippen LogP contribution in [0.5, 0.6) is 11.5 Å². The van der Waals surface area contributed by atoms with Crippen molar-refractivity contribution in [1.29, 1.82) is 0 Å². The molecule has 1 atom stereocenters. The molecule has 1 amide bonds. The van der Waals surface area contributed by atoms with Crippen molar-refractivity contribution in [2.45, 2.75) is 31.9 Å². The molecule has 0 radical (unpaired) electrons. The van der Waals surface area contributed by atoms with Crippen LogP contribution in [0.4, 0.5) is 5.69 Å².